The van der Waals surface area contributed by atoms with Crippen LogP contribution in [0, 0.1) is 0 Å². The van der Waals surface area contributed by atoms with Crippen LogP contribution in [0.2, 0.25) is 0 Å². The highest BCUT2D eigenvalue weighted by molar-refractivity contribution is 7.82. The van der Waals surface area contributed by atoms with Gasteiger partial charge in [0.1, 0.15) is 6.10 Å². The van der Waals surface area contributed by atoms with E-state index in [-0.39, 0.29) is 12.7 Å². The van der Waals surface area contributed by atoms with Crippen LogP contribution in [0.1, 0.15) is 12.0 Å². The molecule has 0 unspecified atom stereocenters. The Morgan fingerprint density at radius 2 is 2.00 bits per heavy atom. The molecule has 5 heteroatoms. The smallest absolute Gasteiger partial charge is 0.245 e. The van der Waals surface area contributed by atoms with Crippen LogP contribution in [-0.4, -0.2) is 21.1 Å². The molecule has 4 nitrogen and oxygen atoms in total. The maximum Gasteiger partial charge on any atom is 0.400 e. The fourth-order valence-corrected chi connectivity index (χ4v) is 2.34. The molecular formula is C10H12O4S. The van der Waals surface area contributed by atoms with E-state index in [1.807, 2.05) is 30.3 Å². The maximum atomic E-state index is 10.8. The minimum Gasteiger partial charge on any atom is -0.245 e. The lowest BCUT2D eigenvalue weighted by Crippen LogP contribution is -2.11. The molecule has 0 saturated carbocycles. The first kappa shape index (κ1) is 10.6. The average Bonchev–Trinajstić information content (AvgIpc) is 2.57. The Labute approximate surface area is 89.2 Å². The molecule has 0 amide bonds. The van der Waals surface area contributed by atoms with Crippen molar-refractivity contribution in [3.05, 3.63) is 35.9 Å². The Balaban J connectivity index is 1.85. The minimum absolute atomic E-state index is 0.134. The summed E-state index contributed by atoms with van der Waals surface area (Å²) in [6, 6.07) is 9.87. The van der Waals surface area contributed by atoms with Crippen molar-refractivity contribution in [3.63, 3.8) is 0 Å². The molecule has 0 aliphatic carbocycles. The summed E-state index contributed by atoms with van der Waals surface area (Å²) in [7, 11) is -3.70. The van der Waals surface area contributed by atoms with Crippen molar-refractivity contribution in [3.8, 4) is 0 Å². The van der Waals surface area contributed by atoms with Crippen molar-refractivity contribution in [1.82, 2.24) is 0 Å². The predicted octanol–water partition coefficient (Wildman–Crippen LogP) is 1.28. The molecule has 1 heterocycles. The van der Waals surface area contributed by atoms with Crippen molar-refractivity contribution in [1.29, 1.82) is 0 Å². The van der Waals surface area contributed by atoms with Gasteiger partial charge in [-0.05, 0) is 18.4 Å². The first-order chi connectivity index (χ1) is 7.16. The van der Waals surface area contributed by atoms with E-state index in [0.717, 1.165) is 6.42 Å². The number of hydrogen-bond acceptors (Lipinski definition) is 4. The predicted molar refractivity (Wildman–Crippen MR) is 54.5 cm³/mol. The molecular weight excluding hydrogens is 216 g/mol. The van der Waals surface area contributed by atoms with E-state index in [2.05, 4.69) is 4.18 Å². The van der Waals surface area contributed by atoms with Gasteiger partial charge in [0.15, 0.2) is 0 Å². The zero-order valence-electron chi connectivity index (χ0n) is 8.13. The Bertz CT molecular complexity index is 412. The molecule has 1 aliphatic heterocycles. The minimum atomic E-state index is -3.70. The van der Waals surface area contributed by atoms with Crippen LogP contribution in [0.3, 0.4) is 0 Å². The molecule has 1 aromatic carbocycles. The molecule has 82 valence electrons. The fourth-order valence-electron chi connectivity index (χ4n) is 1.49. The van der Waals surface area contributed by atoms with Gasteiger partial charge in [-0.3, -0.25) is 0 Å². The van der Waals surface area contributed by atoms with E-state index in [0.29, 0.717) is 6.42 Å². The van der Waals surface area contributed by atoms with E-state index in [4.69, 9.17) is 4.18 Å². The van der Waals surface area contributed by atoms with E-state index >= 15 is 0 Å². The summed E-state index contributed by atoms with van der Waals surface area (Å²) in [6.45, 7) is 0.134. The van der Waals surface area contributed by atoms with Gasteiger partial charge in [0.25, 0.3) is 0 Å². The fraction of sp³-hybridized carbons (Fsp3) is 0.400. The molecule has 1 fully saturated rings. The Morgan fingerprint density at radius 1 is 1.27 bits per heavy atom. The number of rotatable bonds is 3. The Kier molecular flexibility index (Phi) is 3.04. The third kappa shape index (κ3) is 3.02. The van der Waals surface area contributed by atoms with Gasteiger partial charge < -0.3 is 0 Å². The normalized spacial score (nSPS) is 24.1. The van der Waals surface area contributed by atoms with Gasteiger partial charge in [0.05, 0.1) is 6.61 Å². The summed E-state index contributed by atoms with van der Waals surface area (Å²) in [6.07, 6.45) is 1.11. The summed E-state index contributed by atoms with van der Waals surface area (Å²) in [5.41, 5.74) is 1.17. The largest absolute Gasteiger partial charge is 0.400 e. The summed E-state index contributed by atoms with van der Waals surface area (Å²) in [5, 5.41) is 0. The van der Waals surface area contributed by atoms with Gasteiger partial charge in [-0.15, -0.1) is 0 Å². The first-order valence-corrected chi connectivity index (χ1v) is 6.11. The topological polar surface area (TPSA) is 52.6 Å². The van der Waals surface area contributed by atoms with Gasteiger partial charge in [0, 0.05) is 0 Å². The van der Waals surface area contributed by atoms with Crippen molar-refractivity contribution in [2.24, 2.45) is 0 Å². The lowest BCUT2D eigenvalue weighted by Gasteiger charge is -2.04. The standard InChI is InChI=1S/C10H12O4S/c11-15(12)13-8-10(14-15)7-6-9-4-2-1-3-5-9/h1-5,10H,6-8H2/t10-/m0/s1. The van der Waals surface area contributed by atoms with Crippen molar-refractivity contribution >= 4 is 10.4 Å². The van der Waals surface area contributed by atoms with Crippen LogP contribution < -0.4 is 0 Å². The molecule has 0 bridgehead atoms. The highest BCUT2D eigenvalue weighted by Gasteiger charge is 2.29. The molecule has 15 heavy (non-hydrogen) atoms. The molecule has 0 aromatic heterocycles. The third-order valence-corrected chi connectivity index (χ3v) is 3.18. The van der Waals surface area contributed by atoms with E-state index in [9.17, 15) is 8.42 Å². The lowest BCUT2D eigenvalue weighted by atomic mass is 10.1. The van der Waals surface area contributed by atoms with Gasteiger partial charge in [-0.1, -0.05) is 30.3 Å². The second kappa shape index (κ2) is 4.30. The first-order valence-electron chi connectivity index (χ1n) is 4.77. The third-order valence-electron chi connectivity index (χ3n) is 2.25. The Morgan fingerprint density at radius 3 is 2.60 bits per heavy atom. The van der Waals surface area contributed by atoms with Crippen LogP contribution >= 0.6 is 0 Å². The molecule has 0 radical (unpaired) electrons. The summed E-state index contributed by atoms with van der Waals surface area (Å²) >= 11 is 0. The van der Waals surface area contributed by atoms with Crippen LogP contribution in [-0.2, 0) is 25.2 Å². The number of benzene rings is 1. The highest BCUT2D eigenvalue weighted by atomic mass is 32.3. The maximum absolute atomic E-state index is 10.8. The molecule has 1 atom stereocenters. The number of aryl methyl sites for hydroxylation is 1. The highest BCUT2D eigenvalue weighted by Crippen LogP contribution is 2.17. The SMILES string of the molecule is O=S1(=O)OC[C@H](CCc2ccccc2)O1. The Hall–Kier alpha value is -0.910. The summed E-state index contributed by atoms with van der Waals surface area (Å²) < 4.78 is 30.8. The van der Waals surface area contributed by atoms with Crippen molar-refractivity contribution < 1.29 is 16.8 Å². The van der Waals surface area contributed by atoms with Crippen molar-refractivity contribution in [2.45, 2.75) is 18.9 Å². The molecule has 1 aromatic rings. The van der Waals surface area contributed by atoms with Crippen molar-refractivity contribution in [2.75, 3.05) is 6.61 Å². The van der Waals surface area contributed by atoms with Gasteiger partial charge >= 0.3 is 10.4 Å². The molecule has 1 aliphatic rings. The van der Waals surface area contributed by atoms with Gasteiger partial charge in [0.2, 0.25) is 0 Å². The second-order valence-corrected chi connectivity index (χ2v) is 4.68. The lowest BCUT2D eigenvalue weighted by molar-refractivity contribution is 0.224. The second-order valence-electron chi connectivity index (χ2n) is 3.44. The zero-order valence-corrected chi connectivity index (χ0v) is 8.94. The molecule has 0 N–H and O–H groups in total. The number of hydrogen-bond donors (Lipinski definition) is 0. The van der Waals surface area contributed by atoms with Crippen LogP contribution in [0.4, 0.5) is 0 Å². The molecule has 0 spiro atoms. The average molecular weight is 228 g/mol. The van der Waals surface area contributed by atoms with Gasteiger partial charge in [-0.25, -0.2) is 8.37 Å². The monoisotopic (exact) mass is 228 g/mol. The van der Waals surface area contributed by atoms with Gasteiger partial charge in [-0.2, -0.15) is 8.42 Å². The van der Waals surface area contributed by atoms with E-state index in [1.165, 1.54) is 5.56 Å². The van der Waals surface area contributed by atoms with Crippen LogP contribution in [0.25, 0.3) is 0 Å². The molecule has 2 rings (SSSR count). The van der Waals surface area contributed by atoms with E-state index < -0.39 is 10.4 Å². The molecule has 1 saturated heterocycles. The summed E-state index contributed by atoms with van der Waals surface area (Å²) in [5.74, 6) is 0. The quantitative estimate of drug-likeness (QED) is 0.782. The summed E-state index contributed by atoms with van der Waals surface area (Å²) in [4.78, 5) is 0. The van der Waals surface area contributed by atoms with Crippen LogP contribution in [0.15, 0.2) is 30.3 Å². The van der Waals surface area contributed by atoms with E-state index in [1.54, 1.807) is 0 Å². The zero-order chi connectivity index (χ0) is 10.7. The van der Waals surface area contributed by atoms with Crippen LogP contribution in [0.5, 0.6) is 0 Å².